The molecule has 1 aliphatic heterocycles. The maximum atomic E-state index is 12.3. The zero-order chi connectivity index (χ0) is 13.2. The zero-order valence-electron chi connectivity index (χ0n) is 10.1. The van der Waals surface area contributed by atoms with E-state index in [0.29, 0.717) is 23.8 Å². The lowest BCUT2D eigenvalue weighted by Gasteiger charge is -2.34. The Bertz CT molecular complexity index is 458. The minimum absolute atomic E-state index is 0.103. The summed E-state index contributed by atoms with van der Waals surface area (Å²) in [5.41, 5.74) is 0.368. The second-order valence-corrected chi connectivity index (χ2v) is 6.04. The molecule has 1 aromatic rings. The van der Waals surface area contributed by atoms with E-state index in [9.17, 15) is 4.79 Å². The van der Waals surface area contributed by atoms with Gasteiger partial charge in [0.2, 0.25) is 0 Å². The number of halogens is 2. The van der Waals surface area contributed by atoms with Crippen molar-refractivity contribution in [2.45, 2.75) is 25.3 Å². The van der Waals surface area contributed by atoms with Crippen LogP contribution in [0.2, 0.25) is 5.02 Å². The number of amides is 1. The average Bonchev–Trinajstić information content (AvgIpc) is 2.32. The largest absolute Gasteiger partial charge is 0.381 e. The van der Waals surface area contributed by atoms with Crippen LogP contribution in [0.25, 0.3) is 0 Å². The molecule has 1 aliphatic rings. The van der Waals surface area contributed by atoms with E-state index in [2.05, 4.69) is 21.2 Å². The molecule has 0 unspecified atom stereocenters. The average molecular weight is 333 g/mol. The summed E-state index contributed by atoms with van der Waals surface area (Å²) in [6.45, 7) is 3.42. The number of nitrogens with one attached hydrogen (secondary N) is 1. The highest BCUT2D eigenvalue weighted by Crippen LogP contribution is 2.24. The smallest absolute Gasteiger partial charge is 0.252 e. The van der Waals surface area contributed by atoms with Crippen molar-refractivity contribution in [2.24, 2.45) is 0 Å². The van der Waals surface area contributed by atoms with Gasteiger partial charge in [-0.15, -0.1) is 0 Å². The summed E-state index contributed by atoms with van der Waals surface area (Å²) >= 11 is 9.29. The third-order valence-corrected chi connectivity index (χ3v) is 4.11. The van der Waals surface area contributed by atoms with E-state index in [1.54, 1.807) is 18.2 Å². The van der Waals surface area contributed by atoms with E-state index in [0.717, 1.165) is 17.3 Å². The van der Waals surface area contributed by atoms with Gasteiger partial charge in [-0.3, -0.25) is 4.79 Å². The minimum Gasteiger partial charge on any atom is -0.381 e. The van der Waals surface area contributed by atoms with Crippen molar-refractivity contribution in [1.29, 1.82) is 0 Å². The highest BCUT2D eigenvalue weighted by Gasteiger charge is 2.29. The van der Waals surface area contributed by atoms with Gasteiger partial charge in [0, 0.05) is 28.2 Å². The summed E-state index contributed by atoms with van der Waals surface area (Å²) in [5.74, 6) is -0.103. The Labute approximate surface area is 120 Å². The van der Waals surface area contributed by atoms with Gasteiger partial charge in [-0.1, -0.05) is 11.6 Å². The molecule has 0 radical (unpaired) electrons. The minimum atomic E-state index is -0.197. The summed E-state index contributed by atoms with van der Waals surface area (Å²) in [7, 11) is 0. The lowest BCUT2D eigenvalue weighted by Crippen LogP contribution is -2.49. The number of rotatable bonds is 2. The summed E-state index contributed by atoms with van der Waals surface area (Å²) in [6.07, 6.45) is 1.66. The maximum Gasteiger partial charge on any atom is 0.252 e. The van der Waals surface area contributed by atoms with Gasteiger partial charge in [0.15, 0.2) is 0 Å². The molecule has 0 spiro atoms. The molecule has 1 aromatic carbocycles. The molecule has 0 aliphatic carbocycles. The first-order chi connectivity index (χ1) is 8.50. The normalized spacial score (nSPS) is 18.4. The summed E-state index contributed by atoms with van der Waals surface area (Å²) in [5, 5.41) is 3.63. The van der Waals surface area contributed by atoms with E-state index >= 15 is 0 Å². The molecule has 1 saturated heterocycles. The number of carbonyl (C=O) groups is 1. The van der Waals surface area contributed by atoms with Gasteiger partial charge in [0.1, 0.15) is 0 Å². The Morgan fingerprint density at radius 1 is 1.44 bits per heavy atom. The van der Waals surface area contributed by atoms with Crippen LogP contribution < -0.4 is 5.32 Å². The monoisotopic (exact) mass is 331 g/mol. The molecule has 2 rings (SSSR count). The molecule has 0 aromatic heterocycles. The number of hydrogen-bond donors (Lipinski definition) is 1. The van der Waals surface area contributed by atoms with Crippen LogP contribution in [-0.4, -0.2) is 24.7 Å². The molecule has 18 heavy (non-hydrogen) atoms. The number of ether oxygens (including phenoxy) is 1. The highest BCUT2D eigenvalue weighted by molar-refractivity contribution is 9.10. The number of benzene rings is 1. The summed E-state index contributed by atoms with van der Waals surface area (Å²) < 4.78 is 6.06. The van der Waals surface area contributed by atoms with Crippen LogP contribution in [0.15, 0.2) is 22.7 Å². The van der Waals surface area contributed by atoms with E-state index in [1.165, 1.54) is 0 Å². The molecule has 1 N–H and O–H groups in total. The quantitative estimate of drug-likeness (QED) is 0.901. The van der Waals surface area contributed by atoms with Gasteiger partial charge in [-0.2, -0.15) is 0 Å². The van der Waals surface area contributed by atoms with Crippen molar-refractivity contribution < 1.29 is 9.53 Å². The van der Waals surface area contributed by atoms with Crippen molar-refractivity contribution in [1.82, 2.24) is 5.32 Å². The van der Waals surface area contributed by atoms with Crippen LogP contribution in [0.3, 0.4) is 0 Å². The van der Waals surface area contributed by atoms with Crippen molar-refractivity contribution in [3.8, 4) is 0 Å². The Hall–Kier alpha value is -0.580. The third kappa shape index (κ3) is 3.25. The van der Waals surface area contributed by atoms with Crippen molar-refractivity contribution >= 4 is 33.4 Å². The third-order valence-electron chi connectivity index (χ3n) is 3.18. The number of carbonyl (C=O) groups excluding carboxylic acids is 1. The fraction of sp³-hybridized carbons (Fsp3) is 0.462. The SMILES string of the molecule is CC1(NC(=O)c2cc(Cl)ccc2Br)CCOCC1. The van der Waals surface area contributed by atoms with Crippen LogP contribution in [0, 0.1) is 0 Å². The van der Waals surface area contributed by atoms with Gasteiger partial charge in [0.05, 0.1) is 5.56 Å². The second-order valence-electron chi connectivity index (χ2n) is 4.75. The van der Waals surface area contributed by atoms with Crippen molar-refractivity contribution in [2.75, 3.05) is 13.2 Å². The molecule has 5 heteroatoms. The van der Waals surface area contributed by atoms with Gasteiger partial charge in [0.25, 0.3) is 5.91 Å². The first-order valence-electron chi connectivity index (χ1n) is 5.85. The topological polar surface area (TPSA) is 38.3 Å². The summed E-state index contributed by atoms with van der Waals surface area (Å²) in [6, 6.07) is 5.20. The first-order valence-corrected chi connectivity index (χ1v) is 7.03. The zero-order valence-corrected chi connectivity index (χ0v) is 12.5. The highest BCUT2D eigenvalue weighted by atomic mass is 79.9. The molecule has 1 heterocycles. The fourth-order valence-corrected chi connectivity index (χ4v) is 2.56. The van der Waals surface area contributed by atoms with Crippen LogP contribution in [0.5, 0.6) is 0 Å². The van der Waals surface area contributed by atoms with Crippen molar-refractivity contribution in [3.05, 3.63) is 33.3 Å². The molecule has 98 valence electrons. The standard InChI is InChI=1S/C13H15BrClNO2/c1-13(4-6-18-7-5-13)16-12(17)10-8-9(15)2-3-11(10)14/h2-3,8H,4-7H2,1H3,(H,16,17). The molecule has 1 amide bonds. The van der Waals surface area contributed by atoms with E-state index in [1.807, 2.05) is 6.92 Å². The van der Waals surface area contributed by atoms with Crippen molar-refractivity contribution in [3.63, 3.8) is 0 Å². The Balaban J connectivity index is 2.14. The first kappa shape index (κ1) is 13.8. The van der Waals surface area contributed by atoms with Gasteiger partial charge in [-0.25, -0.2) is 0 Å². The van der Waals surface area contributed by atoms with E-state index in [4.69, 9.17) is 16.3 Å². The predicted octanol–water partition coefficient (Wildman–Crippen LogP) is 3.40. The van der Waals surface area contributed by atoms with E-state index < -0.39 is 0 Å². The summed E-state index contributed by atoms with van der Waals surface area (Å²) in [4.78, 5) is 12.3. The van der Waals surface area contributed by atoms with Crippen LogP contribution in [0.4, 0.5) is 0 Å². The molecule has 0 saturated carbocycles. The fourth-order valence-electron chi connectivity index (χ4n) is 1.96. The Morgan fingerprint density at radius 3 is 2.78 bits per heavy atom. The molecule has 1 fully saturated rings. The van der Waals surface area contributed by atoms with Gasteiger partial charge < -0.3 is 10.1 Å². The molecule has 0 bridgehead atoms. The lowest BCUT2D eigenvalue weighted by molar-refractivity contribution is 0.0422. The lowest BCUT2D eigenvalue weighted by atomic mass is 9.92. The van der Waals surface area contributed by atoms with Gasteiger partial charge >= 0.3 is 0 Å². The number of hydrogen-bond acceptors (Lipinski definition) is 2. The predicted molar refractivity (Wildman–Crippen MR) is 75.1 cm³/mol. The van der Waals surface area contributed by atoms with Gasteiger partial charge in [-0.05, 0) is 53.9 Å². The molecule has 3 nitrogen and oxygen atoms in total. The van der Waals surface area contributed by atoms with Crippen LogP contribution >= 0.6 is 27.5 Å². The van der Waals surface area contributed by atoms with E-state index in [-0.39, 0.29) is 11.4 Å². The van der Waals surface area contributed by atoms with Crippen LogP contribution in [-0.2, 0) is 4.74 Å². The Kier molecular flexibility index (Phi) is 4.30. The molecular formula is C13H15BrClNO2. The second kappa shape index (κ2) is 5.59. The Morgan fingerprint density at radius 2 is 2.11 bits per heavy atom. The van der Waals surface area contributed by atoms with Crippen LogP contribution in [0.1, 0.15) is 30.1 Å². The maximum absolute atomic E-state index is 12.3. The molecular weight excluding hydrogens is 318 g/mol. The molecule has 0 atom stereocenters.